The van der Waals surface area contributed by atoms with Gasteiger partial charge in [0.05, 0.1) is 5.69 Å². The number of carbonyl (C=O) groups excluding carboxylic acids is 2. The molecule has 0 radical (unpaired) electrons. The summed E-state index contributed by atoms with van der Waals surface area (Å²) in [6.07, 6.45) is 4.79. The molecule has 1 aliphatic heterocycles. The zero-order valence-corrected chi connectivity index (χ0v) is 13.1. The van der Waals surface area contributed by atoms with Gasteiger partial charge in [-0.1, -0.05) is 0 Å². The van der Waals surface area contributed by atoms with Gasteiger partial charge in [-0.05, 0) is 12.1 Å². The van der Waals surface area contributed by atoms with Gasteiger partial charge in [0.25, 0.3) is 5.91 Å². The molecule has 0 atom stereocenters. The van der Waals surface area contributed by atoms with Crippen LogP contribution in [0.15, 0.2) is 35.0 Å². The molecule has 2 amide bonds. The van der Waals surface area contributed by atoms with E-state index in [0.29, 0.717) is 31.5 Å². The highest BCUT2D eigenvalue weighted by Crippen LogP contribution is 2.22. The molecule has 3 rings (SSSR count). The Morgan fingerprint density at radius 2 is 2.13 bits per heavy atom. The Kier molecular flexibility index (Phi) is 4.72. The average molecular weight is 329 g/mol. The van der Waals surface area contributed by atoms with Gasteiger partial charge in [-0.25, -0.2) is 10.4 Å². The van der Waals surface area contributed by atoms with Crippen LogP contribution in [-0.2, 0) is 16.0 Å². The molecule has 7 nitrogen and oxygen atoms in total. The highest BCUT2D eigenvalue weighted by molar-refractivity contribution is 7.13. The zero-order chi connectivity index (χ0) is 16.1. The lowest BCUT2D eigenvalue weighted by molar-refractivity contribution is -0.121. The van der Waals surface area contributed by atoms with Crippen LogP contribution in [0.5, 0.6) is 0 Å². The molecule has 3 heterocycles. The summed E-state index contributed by atoms with van der Waals surface area (Å²) in [4.78, 5) is 31.4. The number of aromatic nitrogens is 2. The van der Waals surface area contributed by atoms with Gasteiger partial charge in [0, 0.05) is 49.1 Å². The second-order valence-corrected chi connectivity index (χ2v) is 5.84. The third-order valence-corrected chi connectivity index (χ3v) is 4.25. The molecule has 8 heteroatoms. The van der Waals surface area contributed by atoms with Crippen molar-refractivity contribution >= 4 is 28.9 Å². The first-order valence-electron chi connectivity index (χ1n) is 7.21. The summed E-state index contributed by atoms with van der Waals surface area (Å²) in [6.45, 7) is 0.477. The smallest absolute Gasteiger partial charge is 0.267 e. The summed E-state index contributed by atoms with van der Waals surface area (Å²) in [5, 5.41) is 9.49. The summed E-state index contributed by atoms with van der Waals surface area (Å²) in [5.41, 5.74) is 4.64. The number of carbonyl (C=O) groups is 2. The van der Waals surface area contributed by atoms with E-state index in [9.17, 15) is 9.59 Å². The van der Waals surface area contributed by atoms with Crippen LogP contribution in [0.3, 0.4) is 0 Å². The minimum atomic E-state index is -0.241. The Morgan fingerprint density at radius 1 is 1.30 bits per heavy atom. The topological polar surface area (TPSA) is 96.3 Å². The van der Waals surface area contributed by atoms with E-state index in [1.54, 1.807) is 23.7 Å². The molecule has 118 valence electrons. The highest BCUT2D eigenvalue weighted by atomic mass is 32.1. The molecule has 0 aromatic carbocycles. The molecule has 0 saturated carbocycles. The average Bonchev–Trinajstić information content (AvgIpc) is 3.05. The SMILES string of the molecule is O=C1CCC(C(=O)NCCc2csc(-c3ccncc3)n2)=NN1. The fraction of sp³-hybridized carbons (Fsp3) is 0.267. The van der Waals surface area contributed by atoms with E-state index < -0.39 is 0 Å². The van der Waals surface area contributed by atoms with Crippen LogP contribution >= 0.6 is 11.3 Å². The Balaban J connectivity index is 1.51. The number of pyridine rings is 1. The highest BCUT2D eigenvalue weighted by Gasteiger charge is 2.17. The van der Waals surface area contributed by atoms with Crippen LogP contribution in [0, 0.1) is 0 Å². The molecule has 0 saturated heterocycles. The minimum absolute atomic E-state index is 0.160. The van der Waals surface area contributed by atoms with Crippen molar-refractivity contribution in [3.05, 3.63) is 35.6 Å². The number of nitrogens with zero attached hydrogens (tertiary/aromatic N) is 3. The van der Waals surface area contributed by atoms with Crippen molar-refractivity contribution < 1.29 is 9.59 Å². The fourth-order valence-corrected chi connectivity index (χ4v) is 2.95. The van der Waals surface area contributed by atoms with Crippen molar-refractivity contribution in [1.82, 2.24) is 20.7 Å². The Hall–Kier alpha value is -2.61. The van der Waals surface area contributed by atoms with Crippen LogP contribution in [0.2, 0.25) is 0 Å². The van der Waals surface area contributed by atoms with E-state index in [-0.39, 0.29) is 11.8 Å². The van der Waals surface area contributed by atoms with Gasteiger partial charge in [0.2, 0.25) is 5.91 Å². The largest absolute Gasteiger partial charge is 0.351 e. The summed E-state index contributed by atoms with van der Waals surface area (Å²) in [5.74, 6) is -0.401. The zero-order valence-electron chi connectivity index (χ0n) is 12.3. The van der Waals surface area contributed by atoms with Crippen molar-refractivity contribution in [3.8, 4) is 10.6 Å². The first kappa shape index (κ1) is 15.3. The van der Waals surface area contributed by atoms with E-state index in [1.807, 2.05) is 17.5 Å². The van der Waals surface area contributed by atoms with Crippen LogP contribution in [0.4, 0.5) is 0 Å². The third kappa shape index (κ3) is 3.98. The third-order valence-electron chi connectivity index (χ3n) is 3.31. The van der Waals surface area contributed by atoms with Crippen LogP contribution in [0.1, 0.15) is 18.5 Å². The number of hydrogen-bond acceptors (Lipinski definition) is 6. The number of amides is 2. The number of thiazole rings is 1. The van der Waals surface area contributed by atoms with Gasteiger partial charge in [0.15, 0.2) is 0 Å². The second kappa shape index (κ2) is 7.10. The lowest BCUT2D eigenvalue weighted by atomic mass is 10.1. The molecule has 2 aromatic heterocycles. The number of rotatable bonds is 5. The minimum Gasteiger partial charge on any atom is -0.351 e. The Morgan fingerprint density at radius 3 is 2.87 bits per heavy atom. The van der Waals surface area contributed by atoms with Gasteiger partial charge < -0.3 is 5.32 Å². The molecule has 2 N–H and O–H groups in total. The van der Waals surface area contributed by atoms with Gasteiger partial charge in [-0.3, -0.25) is 14.6 Å². The molecule has 23 heavy (non-hydrogen) atoms. The predicted octanol–water partition coefficient (Wildman–Crippen LogP) is 1.13. The maximum Gasteiger partial charge on any atom is 0.267 e. The van der Waals surface area contributed by atoms with Gasteiger partial charge in [0.1, 0.15) is 10.7 Å². The molecule has 0 bridgehead atoms. The van der Waals surface area contributed by atoms with E-state index in [0.717, 1.165) is 16.3 Å². The Bertz CT molecular complexity index is 741. The molecular weight excluding hydrogens is 314 g/mol. The summed E-state index contributed by atoms with van der Waals surface area (Å²) < 4.78 is 0. The standard InChI is InChI=1S/C15H15N5O2S/c21-13-2-1-12(19-20-13)14(22)17-8-5-11-9-23-15(18-11)10-3-6-16-7-4-10/h3-4,6-7,9H,1-2,5,8H2,(H,17,22)(H,20,21). The van der Waals surface area contributed by atoms with Crippen molar-refractivity contribution in [3.63, 3.8) is 0 Å². The monoisotopic (exact) mass is 329 g/mol. The number of hydrogen-bond donors (Lipinski definition) is 2. The molecule has 0 spiro atoms. The molecule has 1 aliphatic rings. The summed E-state index contributed by atoms with van der Waals surface area (Å²) in [7, 11) is 0. The molecule has 2 aromatic rings. The number of nitrogens with one attached hydrogen (secondary N) is 2. The van der Waals surface area contributed by atoms with Crippen molar-refractivity contribution in [2.45, 2.75) is 19.3 Å². The van der Waals surface area contributed by atoms with Crippen molar-refractivity contribution in [2.24, 2.45) is 5.10 Å². The van der Waals surface area contributed by atoms with Crippen molar-refractivity contribution in [2.75, 3.05) is 6.54 Å². The summed E-state index contributed by atoms with van der Waals surface area (Å²) >= 11 is 1.57. The normalized spacial score (nSPS) is 14.1. The predicted molar refractivity (Wildman–Crippen MR) is 86.9 cm³/mol. The van der Waals surface area contributed by atoms with E-state index in [1.165, 1.54) is 0 Å². The molecule has 0 aliphatic carbocycles. The van der Waals surface area contributed by atoms with Crippen LogP contribution in [-0.4, -0.2) is 34.0 Å². The maximum atomic E-state index is 11.9. The first-order chi connectivity index (χ1) is 11.2. The van der Waals surface area contributed by atoms with E-state index in [2.05, 4.69) is 25.8 Å². The van der Waals surface area contributed by atoms with Crippen molar-refractivity contribution in [1.29, 1.82) is 0 Å². The van der Waals surface area contributed by atoms with E-state index >= 15 is 0 Å². The van der Waals surface area contributed by atoms with E-state index in [4.69, 9.17) is 0 Å². The summed E-state index contributed by atoms with van der Waals surface area (Å²) in [6, 6.07) is 3.83. The Labute approximate surface area is 136 Å². The molecule has 0 fully saturated rings. The lowest BCUT2D eigenvalue weighted by Crippen LogP contribution is -2.37. The van der Waals surface area contributed by atoms with Gasteiger partial charge in [-0.15, -0.1) is 11.3 Å². The number of hydrazone groups is 1. The van der Waals surface area contributed by atoms with Crippen LogP contribution < -0.4 is 10.7 Å². The van der Waals surface area contributed by atoms with Crippen LogP contribution in [0.25, 0.3) is 10.6 Å². The first-order valence-corrected chi connectivity index (χ1v) is 8.09. The van der Waals surface area contributed by atoms with Gasteiger partial charge in [-0.2, -0.15) is 5.10 Å². The molecular formula is C15H15N5O2S. The second-order valence-electron chi connectivity index (χ2n) is 4.98. The quantitative estimate of drug-likeness (QED) is 0.859. The van der Waals surface area contributed by atoms with Gasteiger partial charge >= 0.3 is 0 Å². The fourth-order valence-electron chi connectivity index (χ4n) is 2.09. The maximum absolute atomic E-state index is 11.9. The lowest BCUT2D eigenvalue weighted by Gasteiger charge is -2.11. The molecule has 0 unspecified atom stereocenters.